The molecule has 0 amide bonds. The first kappa shape index (κ1) is 11.2. The first-order chi connectivity index (χ1) is 6.91. The predicted molar refractivity (Wildman–Crippen MR) is 54.7 cm³/mol. The van der Waals surface area contributed by atoms with E-state index in [1.807, 2.05) is 13.8 Å². The molecule has 0 atom stereocenters. The number of H-pyrrole nitrogens is 1. The Bertz CT molecular complexity index is 437. The molecule has 6 nitrogen and oxygen atoms in total. The standard InChI is InChI=1S/C9H13N3O3/c1-4(2)7-5(3-6(13)14)8(10)12-9(15)11-7/h4H,3H2,1-2H3,(H,13,14)(H3,10,11,12,15). The summed E-state index contributed by atoms with van der Waals surface area (Å²) in [6.07, 6.45) is -0.233. The number of nitrogens with one attached hydrogen (secondary N) is 1. The van der Waals surface area contributed by atoms with Gasteiger partial charge in [-0.15, -0.1) is 0 Å². The van der Waals surface area contributed by atoms with Gasteiger partial charge in [-0.3, -0.25) is 4.79 Å². The third-order valence-electron chi connectivity index (χ3n) is 2.00. The highest BCUT2D eigenvalue weighted by Crippen LogP contribution is 2.19. The van der Waals surface area contributed by atoms with Crippen molar-refractivity contribution >= 4 is 11.8 Å². The molecule has 0 radical (unpaired) electrons. The van der Waals surface area contributed by atoms with Crippen molar-refractivity contribution in [3.05, 3.63) is 21.7 Å². The lowest BCUT2D eigenvalue weighted by molar-refractivity contribution is -0.136. The molecule has 0 saturated carbocycles. The third-order valence-corrected chi connectivity index (χ3v) is 2.00. The number of nitrogens with two attached hydrogens (primary N) is 1. The Morgan fingerprint density at radius 1 is 1.60 bits per heavy atom. The Kier molecular flexibility index (Phi) is 3.08. The molecular formula is C9H13N3O3. The van der Waals surface area contributed by atoms with E-state index in [1.54, 1.807) is 0 Å². The SMILES string of the molecule is CC(C)c1[nH]c(=O)nc(N)c1CC(=O)O. The van der Waals surface area contributed by atoms with E-state index in [4.69, 9.17) is 10.8 Å². The Labute approximate surface area is 86.2 Å². The number of nitrogens with zero attached hydrogens (tertiary/aromatic N) is 1. The van der Waals surface area contributed by atoms with Crippen LogP contribution in [0.15, 0.2) is 4.79 Å². The number of aromatic amines is 1. The molecule has 0 spiro atoms. The van der Waals surface area contributed by atoms with E-state index < -0.39 is 11.7 Å². The van der Waals surface area contributed by atoms with Crippen LogP contribution in [0.25, 0.3) is 0 Å². The molecule has 0 aromatic carbocycles. The smallest absolute Gasteiger partial charge is 0.347 e. The van der Waals surface area contributed by atoms with Crippen molar-refractivity contribution in [3.63, 3.8) is 0 Å². The van der Waals surface area contributed by atoms with Gasteiger partial charge in [0.1, 0.15) is 5.82 Å². The number of aliphatic carboxylic acids is 1. The summed E-state index contributed by atoms with van der Waals surface area (Å²) in [5, 5.41) is 8.69. The zero-order valence-corrected chi connectivity index (χ0v) is 8.57. The van der Waals surface area contributed by atoms with Gasteiger partial charge in [0.25, 0.3) is 0 Å². The fourth-order valence-corrected chi connectivity index (χ4v) is 1.36. The van der Waals surface area contributed by atoms with Crippen molar-refractivity contribution < 1.29 is 9.90 Å². The van der Waals surface area contributed by atoms with Gasteiger partial charge in [-0.1, -0.05) is 13.8 Å². The van der Waals surface area contributed by atoms with E-state index in [0.29, 0.717) is 11.3 Å². The minimum Gasteiger partial charge on any atom is -0.481 e. The number of hydrogen-bond acceptors (Lipinski definition) is 4. The van der Waals surface area contributed by atoms with E-state index in [-0.39, 0.29) is 18.2 Å². The van der Waals surface area contributed by atoms with Gasteiger partial charge in [-0.05, 0) is 5.92 Å². The number of carbonyl (C=O) groups is 1. The second-order valence-corrected chi connectivity index (χ2v) is 3.54. The quantitative estimate of drug-likeness (QED) is 0.657. The molecule has 1 aromatic rings. The molecule has 0 aliphatic rings. The van der Waals surface area contributed by atoms with Crippen molar-refractivity contribution in [2.75, 3.05) is 5.73 Å². The molecular weight excluding hydrogens is 198 g/mol. The molecule has 0 saturated heterocycles. The van der Waals surface area contributed by atoms with Crippen molar-refractivity contribution in [3.8, 4) is 0 Å². The van der Waals surface area contributed by atoms with Gasteiger partial charge in [0.15, 0.2) is 0 Å². The molecule has 6 heteroatoms. The monoisotopic (exact) mass is 211 g/mol. The predicted octanol–water partition coefficient (Wildman–Crippen LogP) is 0.103. The van der Waals surface area contributed by atoms with Crippen LogP contribution in [0.5, 0.6) is 0 Å². The van der Waals surface area contributed by atoms with Gasteiger partial charge < -0.3 is 15.8 Å². The lowest BCUT2D eigenvalue weighted by atomic mass is 10.0. The van der Waals surface area contributed by atoms with E-state index in [0.717, 1.165) is 0 Å². The van der Waals surface area contributed by atoms with Gasteiger partial charge in [0.2, 0.25) is 0 Å². The molecule has 1 rings (SSSR count). The summed E-state index contributed by atoms with van der Waals surface area (Å²) in [4.78, 5) is 27.6. The van der Waals surface area contributed by atoms with Crippen LogP contribution in [0.3, 0.4) is 0 Å². The molecule has 1 aromatic heterocycles. The molecule has 0 bridgehead atoms. The first-order valence-corrected chi connectivity index (χ1v) is 4.52. The molecule has 0 aliphatic carbocycles. The molecule has 0 unspecified atom stereocenters. The van der Waals surface area contributed by atoms with Crippen LogP contribution in [-0.4, -0.2) is 21.0 Å². The minimum absolute atomic E-state index is 0.00245. The maximum atomic E-state index is 11.1. The Balaban J connectivity index is 3.33. The zero-order valence-electron chi connectivity index (χ0n) is 8.57. The summed E-state index contributed by atoms with van der Waals surface area (Å²) in [6.45, 7) is 3.69. The average molecular weight is 211 g/mol. The van der Waals surface area contributed by atoms with Crippen molar-refractivity contribution in [2.24, 2.45) is 0 Å². The van der Waals surface area contributed by atoms with Crippen molar-refractivity contribution in [2.45, 2.75) is 26.2 Å². The molecule has 0 fully saturated rings. The third kappa shape index (κ3) is 2.55. The lowest BCUT2D eigenvalue weighted by Gasteiger charge is -2.11. The molecule has 1 heterocycles. The van der Waals surface area contributed by atoms with Crippen LogP contribution in [0.1, 0.15) is 31.0 Å². The summed E-state index contributed by atoms with van der Waals surface area (Å²) in [5.74, 6) is -1.01. The van der Waals surface area contributed by atoms with Gasteiger partial charge in [0, 0.05) is 11.3 Å². The van der Waals surface area contributed by atoms with Crippen LogP contribution >= 0.6 is 0 Å². The number of rotatable bonds is 3. The number of anilines is 1. The summed E-state index contributed by atoms with van der Waals surface area (Å²) in [7, 11) is 0. The second kappa shape index (κ2) is 4.12. The summed E-state index contributed by atoms with van der Waals surface area (Å²) in [6, 6.07) is 0. The molecule has 0 aliphatic heterocycles. The topological polar surface area (TPSA) is 109 Å². The number of nitrogen functional groups attached to an aromatic ring is 1. The van der Waals surface area contributed by atoms with E-state index in [2.05, 4.69) is 9.97 Å². The fourth-order valence-electron chi connectivity index (χ4n) is 1.36. The fraction of sp³-hybridized carbons (Fsp3) is 0.444. The maximum Gasteiger partial charge on any atom is 0.347 e. The highest BCUT2D eigenvalue weighted by Gasteiger charge is 2.15. The minimum atomic E-state index is -1.00. The Morgan fingerprint density at radius 3 is 2.67 bits per heavy atom. The van der Waals surface area contributed by atoms with Crippen molar-refractivity contribution in [1.82, 2.24) is 9.97 Å². The van der Waals surface area contributed by atoms with E-state index >= 15 is 0 Å². The Hall–Kier alpha value is -1.85. The molecule has 4 N–H and O–H groups in total. The number of carboxylic acids is 1. The highest BCUT2D eigenvalue weighted by molar-refractivity contribution is 5.72. The maximum absolute atomic E-state index is 11.1. The van der Waals surface area contributed by atoms with Crippen LogP contribution in [-0.2, 0) is 11.2 Å². The number of aromatic nitrogens is 2. The summed E-state index contributed by atoms with van der Waals surface area (Å²) >= 11 is 0. The number of hydrogen-bond donors (Lipinski definition) is 3. The lowest BCUT2D eigenvalue weighted by Crippen LogP contribution is -2.20. The van der Waals surface area contributed by atoms with Crippen molar-refractivity contribution in [1.29, 1.82) is 0 Å². The van der Waals surface area contributed by atoms with Crippen LogP contribution < -0.4 is 11.4 Å². The van der Waals surface area contributed by atoms with Gasteiger partial charge in [-0.2, -0.15) is 4.98 Å². The van der Waals surface area contributed by atoms with E-state index in [1.165, 1.54) is 0 Å². The molecule has 82 valence electrons. The average Bonchev–Trinajstić information content (AvgIpc) is 2.08. The largest absolute Gasteiger partial charge is 0.481 e. The second-order valence-electron chi connectivity index (χ2n) is 3.54. The zero-order chi connectivity index (χ0) is 11.6. The van der Waals surface area contributed by atoms with E-state index in [9.17, 15) is 9.59 Å². The Morgan fingerprint density at radius 2 is 2.20 bits per heavy atom. The van der Waals surface area contributed by atoms with Crippen LogP contribution in [0.4, 0.5) is 5.82 Å². The van der Waals surface area contributed by atoms with Crippen LogP contribution in [0, 0.1) is 0 Å². The van der Waals surface area contributed by atoms with Gasteiger partial charge >= 0.3 is 11.7 Å². The normalized spacial score (nSPS) is 10.6. The first-order valence-electron chi connectivity index (χ1n) is 4.52. The van der Waals surface area contributed by atoms with Crippen LogP contribution in [0.2, 0.25) is 0 Å². The van der Waals surface area contributed by atoms with Gasteiger partial charge in [-0.25, -0.2) is 4.79 Å². The number of carboxylic acid groups (broad SMARTS) is 1. The van der Waals surface area contributed by atoms with Gasteiger partial charge in [0.05, 0.1) is 6.42 Å². The summed E-state index contributed by atoms with van der Waals surface area (Å²) in [5.41, 5.74) is 5.89. The summed E-state index contributed by atoms with van der Waals surface area (Å²) < 4.78 is 0. The highest BCUT2D eigenvalue weighted by atomic mass is 16.4. The molecule has 15 heavy (non-hydrogen) atoms.